The summed E-state index contributed by atoms with van der Waals surface area (Å²) in [4.78, 5) is 11.2. The predicted molar refractivity (Wildman–Crippen MR) is 67.8 cm³/mol. The van der Waals surface area contributed by atoms with Gasteiger partial charge >= 0.3 is 5.97 Å². The van der Waals surface area contributed by atoms with E-state index in [2.05, 4.69) is 6.07 Å². The van der Waals surface area contributed by atoms with Crippen molar-refractivity contribution in [3.63, 3.8) is 0 Å². The molecule has 0 atom stereocenters. The largest absolute Gasteiger partial charge is 0.463 e. The molecule has 2 heterocycles. The number of rotatable bonds is 3. The minimum absolute atomic E-state index is 0.349. The van der Waals surface area contributed by atoms with E-state index < -0.39 is 0 Å². The van der Waals surface area contributed by atoms with Crippen molar-refractivity contribution >= 4 is 17.6 Å². The van der Waals surface area contributed by atoms with Gasteiger partial charge in [0, 0.05) is 18.0 Å². The van der Waals surface area contributed by atoms with Crippen LogP contribution in [0.25, 0.3) is 11.6 Å². The molecule has 0 amide bonds. The van der Waals surface area contributed by atoms with Crippen LogP contribution in [0.2, 0.25) is 0 Å². The average Bonchev–Trinajstić information content (AvgIpc) is 2.75. The molecule has 0 N–H and O–H groups in total. The summed E-state index contributed by atoms with van der Waals surface area (Å²) >= 11 is 0. The predicted octanol–water partition coefficient (Wildman–Crippen LogP) is 2.39. The Bertz CT molecular complexity index is 647. The molecule has 4 nitrogen and oxygen atoms in total. The van der Waals surface area contributed by atoms with Gasteiger partial charge in [0.2, 0.25) is 0 Å². The first-order valence-electron chi connectivity index (χ1n) is 5.61. The Morgan fingerprint density at radius 2 is 2.39 bits per heavy atom. The van der Waals surface area contributed by atoms with E-state index in [1.54, 1.807) is 19.1 Å². The molecular formula is C14H12N2O2. The second-order valence-electron chi connectivity index (χ2n) is 3.64. The topological polar surface area (TPSA) is 54.5 Å². The number of fused-ring (bicyclic) bond motifs is 1. The number of carbonyl (C=O) groups is 1. The van der Waals surface area contributed by atoms with Crippen molar-refractivity contribution in [2.75, 3.05) is 6.61 Å². The molecule has 2 aromatic rings. The molecule has 0 aromatic carbocycles. The minimum Gasteiger partial charge on any atom is -0.463 e. The third-order valence-electron chi connectivity index (χ3n) is 2.50. The molecule has 0 fully saturated rings. The van der Waals surface area contributed by atoms with Gasteiger partial charge in [-0.15, -0.1) is 0 Å². The van der Waals surface area contributed by atoms with Crippen molar-refractivity contribution in [1.29, 1.82) is 5.26 Å². The van der Waals surface area contributed by atoms with Gasteiger partial charge in [-0.05, 0) is 31.2 Å². The van der Waals surface area contributed by atoms with Crippen LogP contribution in [0.1, 0.15) is 18.2 Å². The number of nitrogens with zero attached hydrogens (tertiary/aromatic N) is 2. The number of ether oxygens (including phenoxy) is 1. The van der Waals surface area contributed by atoms with Crippen LogP contribution >= 0.6 is 0 Å². The van der Waals surface area contributed by atoms with Gasteiger partial charge in [0.1, 0.15) is 6.07 Å². The van der Waals surface area contributed by atoms with Crippen LogP contribution in [0, 0.1) is 11.3 Å². The number of pyridine rings is 1. The second kappa shape index (κ2) is 5.19. The van der Waals surface area contributed by atoms with Crippen LogP contribution in [-0.2, 0) is 9.53 Å². The van der Waals surface area contributed by atoms with Crippen LogP contribution in [-0.4, -0.2) is 17.0 Å². The molecular weight excluding hydrogens is 228 g/mol. The summed E-state index contributed by atoms with van der Waals surface area (Å²) in [6.45, 7) is 2.10. The van der Waals surface area contributed by atoms with Gasteiger partial charge in [0.15, 0.2) is 0 Å². The number of esters is 1. The van der Waals surface area contributed by atoms with Gasteiger partial charge < -0.3 is 9.14 Å². The van der Waals surface area contributed by atoms with Crippen LogP contribution in [0.15, 0.2) is 36.5 Å². The van der Waals surface area contributed by atoms with Crippen molar-refractivity contribution in [1.82, 2.24) is 4.40 Å². The molecule has 0 spiro atoms. The summed E-state index contributed by atoms with van der Waals surface area (Å²) < 4.78 is 6.66. The maximum atomic E-state index is 11.2. The van der Waals surface area contributed by atoms with E-state index in [1.807, 2.05) is 28.8 Å². The summed E-state index contributed by atoms with van der Waals surface area (Å²) in [6.07, 6.45) is 4.85. The third-order valence-corrected chi connectivity index (χ3v) is 2.50. The molecule has 2 rings (SSSR count). The summed E-state index contributed by atoms with van der Waals surface area (Å²) in [5.41, 5.74) is 2.18. The van der Waals surface area contributed by atoms with Crippen molar-refractivity contribution in [2.45, 2.75) is 6.92 Å². The maximum Gasteiger partial charge on any atom is 0.330 e. The lowest BCUT2D eigenvalue weighted by Crippen LogP contribution is -1.98. The van der Waals surface area contributed by atoms with Crippen molar-refractivity contribution < 1.29 is 9.53 Å². The third kappa shape index (κ3) is 2.25. The normalized spacial score (nSPS) is 10.7. The zero-order valence-electron chi connectivity index (χ0n) is 9.96. The zero-order valence-corrected chi connectivity index (χ0v) is 9.96. The fourth-order valence-electron chi connectivity index (χ4n) is 1.74. The summed E-state index contributed by atoms with van der Waals surface area (Å²) in [7, 11) is 0. The highest BCUT2D eigenvalue weighted by atomic mass is 16.5. The fraction of sp³-hybridized carbons (Fsp3) is 0.143. The van der Waals surface area contributed by atoms with E-state index in [9.17, 15) is 4.79 Å². The highest BCUT2D eigenvalue weighted by Crippen LogP contribution is 2.17. The maximum absolute atomic E-state index is 11.2. The molecule has 18 heavy (non-hydrogen) atoms. The van der Waals surface area contributed by atoms with E-state index in [0.29, 0.717) is 12.2 Å². The standard InChI is InChI=1S/C14H12N2O2/c1-2-18-14(17)7-6-12-9-11(10-15)13-5-3-4-8-16(12)13/h3-9H,2H2,1H3/b7-6+. The molecule has 0 bridgehead atoms. The Kier molecular flexibility index (Phi) is 3.44. The molecule has 90 valence electrons. The van der Waals surface area contributed by atoms with E-state index >= 15 is 0 Å². The van der Waals surface area contributed by atoms with Crippen LogP contribution in [0.3, 0.4) is 0 Å². The van der Waals surface area contributed by atoms with Gasteiger partial charge in [-0.25, -0.2) is 4.79 Å². The number of hydrogen-bond donors (Lipinski definition) is 0. The smallest absolute Gasteiger partial charge is 0.330 e. The highest BCUT2D eigenvalue weighted by Gasteiger charge is 2.05. The molecule has 0 aliphatic rings. The molecule has 0 aliphatic heterocycles. The Labute approximate surface area is 105 Å². The lowest BCUT2D eigenvalue weighted by molar-refractivity contribution is -0.137. The fourth-order valence-corrected chi connectivity index (χ4v) is 1.74. The van der Waals surface area contributed by atoms with Crippen molar-refractivity contribution in [2.24, 2.45) is 0 Å². The van der Waals surface area contributed by atoms with Crippen LogP contribution < -0.4 is 0 Å². The van der Waals surface area contributed by atoms with Crippen LogP contribution in [0.4, 0.5) is 0 Å². The van der Waals surface area contributed by atoms with Gasteiger partial charge in [0.25, 0.3) is 0 Å². The molecule has 0 aliphatic carbocycles. The lowest BCUT2D eigenvalue weighted by atomic mass is 10.3. The first-order valence-corrected chi connectivity index (χ1v) is 5.61. The number of carbonyl (C=O) groups excluding carboxylic acids is 1. The van der Waals surface area contributed by atoms with E-state index in [0.717, 1.165) is 11.2 Å². The van der Waals surface area contributed by atoms with Gasteiger partial charge in [-0.1, -0.05) is 6.07 Å². The minimum atomic E-state index is -0.387. The first-order chi connectivity index (χ1) is 8.76. The number of nitriles is 1. The first kappa shape index (κ1) is 11.9. The monoisotopic (exact) mass is 240 g/mol. The Hall–Kier alpha value is -2.54. The molecule has 0 unspecified atom stereocenters. The van der Waals surface area contributed by atoms with Crippen molar-refractivity contribution in [3.8, 4) is 6.07 Å². The van der Waals surface area contributed by atoms with E-state index in [4.69, 9.17) is 10.00 Å². The molecule has 0 saturated carbocycles. The Balaban J connectivity index is 2.40. The van der Waals surface area contributed by atoms with E-state index in [1.165, 1.54) is 6.08 Å². The molecule has 0 radical (unpaired) electrons. The highest BCUT2D eigenvalue weighted by molar-refractivity contribution is 5.87. The molecule has 2 aromatic heterocycles. The average molecular weight is 240 g/mol. The van der Waals surface area contributed by atoms with E-state index in [-0.39, 0.29) is 5.97 Å². The Morgan fingerprint density at radius 1 is 1.56 bits per heavy atom. The van der Waals surface area contributed by atoms with Crippen LogP contribution in [0.5, 0.6) is 0 Å². The lowest BCUT2D eigenvalue weighted by Gasteiger charge is -1.97. The summed E-state index contributed by atoms with van der Waals surface area (Å²) in [5, 5.41) is 9.03. The Morgan fingerprint density at radius 3 is 3.11 bits per heavy atom. The van der Waals surface area contributed by atoms with Gasteiger partial charge in [-0.2, -0.15) is 5.26 Å². The number of hydrogen-bond acceptors (Lipinski definition) is 3. The SMILES string of the molecule is CCOC(=O)/C=C/c1cc(C#N)c2ccccn12. The van der Waals surface area contributed by atoms with Gasteiger partial charge in [-0.3, -0.25) is 0 Å². The molecule has 0 saturated heterocycles. The molecule has 4 heteroatoms. The summed E-state index contributed by atoms with van der Waals surface area (Å²) in [6, 6.07) is 9.48. The number of aromatic nitrogens is 1. The van der Waals surface area contributed by atoms with Gasteiger partial charge in [0.05, 0.1) is 17.7 Å². The quantitative estimate of drug-likeness (QED) is 0.611. The zero-order chi connectivity index (χ0) is 13.0. The van der Waals surface area contributed by atoms with Crippen molar-refractivity contribution in [3.05, 3.63) is 47.8 Å². The second-order valence-corrected chi connectivity index (χ2v) is 3.64. The summed E-state index contributed by atoms with van der Waals surface area (Å²) in [5.74, 6) is -0.387.